The molecule has 0 aromatic heterocycles. The number of nitrogens with two attached hydrogens (primary N) is 1. The second-order valence-electron chi connectivity index (χ2n) is 3.99. The third-order valence-electron chi connectivity index (χ3n) is 2.72. The Morgan fingerprint density at radius 2 is 2.27 bits per heavy atom. The zero-order valence-corrected chi connectivity index (χ0v) is 9.21. The van der Waals surface area contributed by atoms with Crippen molar-refractivity contribution in [1.82, 2.24) is 5.32 Å². The number of nitrogen functional groups attached to an aromatic ring is 1. The van der Waals surface area contributed by atoms with Crippen molar-refractivity contribution >= 4 is 23.2 Å². The summed E-state index contributed by atoms with van der Waals surface area (Å²) in [7, 11) is 0. The molecule has 4 heteroatoms. The van der Waals surface area contributed by atoms with Crippen LogP contribution < -0.4 is 11.1 Å². The number of rotatable bonds is 2. The molecule has 15 heavy (non-hydrogen) atoms. The lowest BCUT2D eigenvalue weighted by Gasteiger charge is -2.07. The fourth-order valence-electron chi connectivity index (χ4n) is 1.50. The molecule has 3 N–H and O–H groups in total. The van der Waals surface area contributed by atoms with Gasteiger partial charge in [0, 0.05) is 6.04 Å². The monoisotopic (exact) mass is 224 g/mol. The molecule has 0 saturated heterocycles. The molecule has 1 aromatic rings. The summed E-state index contributed by atoms with van der Waals surface area (Å²) in [5, 5.41) is 3.33. The topological polar surface area (TPSA) is 55.1 Å². The molecule has 0 heterocycles. The van der Waals surface area contributed by atoms with Crippen LogP contribution in [-0.4, -0.2) is 11.9 Å². The Hall–Kier alpha value is -1.22. The predicted molar refractivity (Wildman–Crippen MR) is 60.9 cm³/mol. The van der Waals surface area contributed by atoms with E-state index in [0.717, 1.165) is 6.42 Å². The van der Waals surface area contributed by atoms with Crippen LogP contribution in [0.2, 0.25) is 5.02 Å². The summed E-state index contributed by atoms with van der Waals surface area (Å²) >= 11 is 5.83. The van der Waals surface area contributed by atoms with E-state index in [0.29, 0.717) is 28.2 Å². The van der Waals surface area contributed by atoms with Gasteiger partial charge in [-0.05, 0) is 24.5 Å². The van der Waals surface area contributed by atoms with Crippen LogP contribution in [0.5, 0.6) is 0 Å². The third-order valence-corrected chi connectivity index (χ3v) is 3.05. The highest BCUT2D eigenvalue weighted by atomic mass is 35.5. The molecule has 2 rings (SSSR count). The molecule has 1 amide bonds. The van der Waals surface area contributed by atoms with Gasteiger partial charge in [-0.2, -0.15) is 0 Å². The molecular weight excluding hydrogens is 212 g/mol. The number of amides is 1. The predicted octanol–water partition coefficient (Wildman–Crippen LogP) is 2.06. The lowest BCUT2D eigenvalue weighted by Crippen LogP contribution is -2.27. The van der Waals surface area contributed by atoms with Crippen molar-refractivity contribution in [3.8, 4) is 0 Å². The molecule has 1 aliphatic carbocycles. The zero-order valence-electron chi connectivity index (χ0n) is 8.46. The Morgan fingerprint density at radius 3 is 2.87 bits per heavy atom. The summed E-state index contributed by atoms with van der Waals surface area (Å²) in [4.78, 5) is 11.8. The van der Waals surface area contributed by atoms with Crippen LogP contribution in [0.1, 0.15) is 23.7 Å². The smallest absolute Gasteiger partial charge is 0.253 e. The normalized spacial score (nSPS) is 23.6. The molecule has 0 radical (unpaired) electrons. The number of hydrogen-bond acceptors (Lipinski definition) is 2. The molecule has 2 unspecified atom stereocenters. The van der Waals surface area contributed by atoms with Crippen molar-refractivity contribution in [1.29, 1.82) is 0 Å². The number of benzene rings is 1. The van der Waals surface area contributed by atoms with Gasteiger partial charge in [-0.3, -0.25) is 4.79 Å². The van der Waals surface area contributed by atoms with Crippen LogP contribution in [-0.2, 0) is 0 Å². The van der Waals surface area contributed by atoms with Crippen molar-refractivity contribution < 1.29 is 4.79 Å². The molecule has 0 bridgehead atoms. The van der Waals surface area contributed by atoms with Crippen LogP contribution in [0.15, 0.2) is 18.2 Å². The largest absolute Gasteiger partial charge is 0.397 e. The van der Waals surface area contributed by atoms with E-state index in [-0.39, 0.29) is 5.91 Å². The van der Waals surface area contributed by atoms with E-state index >= 15 is 0 Å². The Bertz CT molecular complexity index is 406. The average molecular weight is 225 g/mol. The van der Waals surface area contributed by atoms with Gasteiger partial charge in [-0.1, -0.05) is 24.6 Å². The molecule has 1 saturated carbocycles. The quantitative estimate of drug-likeness (QED) is 0.756. The Labute approximate surface area is 93.6 Å². The Kier molecular flexibility index (Phi) is 2.57. The van der Waals surface area contributed by atoms with Crippen LogP contribution in [0.4, 0.5) is 5.69 Å². The molecule has 2 atom stereocenters. The maximum absolute atomic E-state index is 11.8. The molecule has 1 aromatic carbocycles. The van der Waals surface area contributed by atoms with Crippen LogP contribution >= 0.6 is 11.6 Å². The van der Waals surface area contributed by atoms with Crippen molar-refractivity contribution in [2.45, 2.75) is 19.4 Å². The highest BCUT2D eigenvalue weighted by Gasteiger charge is 2.34. The molecule has 1 aliphatic rings. The van der Waals surface area contributed by atoms with E-state index < -0.39 is 0 Å². The van der Waals surface area contributed by atoms with Gasteiger partial charge in [0.2, 0.25) is 0 Å². The van der Waals surface area contributed by atoms with Gasteiger partial charge in [-0.15, -0.1) is 0 Å². The lowest BCUT2D eigenvalue weighted by molar-refractivity contribution is 0.0950. The standard InChI is InChI=1S/C11H13ClN2O/c1-6-5-9(6)14-11(15)7-3-2-4-8(12)10(7)13/h2-4,6,9H,5,13H2,1H3,(H,14,15). The van der Waals surface area contributed by atoms with Gasteiger partial charge < -0.3 is 11.1 Å². The molecule has 0 spiro atoms. The summed E-state index contributed by atoms with van der Waals surface area (Å²) in [6, 6.07) is 5.39. The van der Waals surface area contributed by atoms with E-state index in [1.807, 2.05) is 0 Å². The van der Waals surface area contributed by atoms with Gasteiger partial charge in [-0.25, -0.2) is 0 Å². The second-order valence-corrected chi connectivity index (χ2v) is 4.40. The average Bonchev–Trinajstić information content (AvgIpc) is 2.86. The number of hydrogen-bond donors (Lipinski definition) is 2. The fraction of sp³-hybridized carbons (Fsp3) is 0.364. The van der Waals surface area contributed by atoms with Crippen LogP contribution in [0.3, 0.4) is 0 Å². The Morgan fingerprint density at radius 1 is 1.60 bits per heavy atom. The van der Waals surface area contributed by atoms with Crippen molar-refractivity contribution in [3.63, 3.8) is 0 Å². The number of para-hydroxylation sites is 1. The number of halogens is 1. The summed E-state index contributed by atoms with van der Waals surface area (Å²) in [6.07, 6.45) is 1.05. The van der Waals surface area contributed by atoms with Crippen molar-refractivity contribution in [3.05, 3.63) is 28.8 Å². The second kappa shape index (κ2) is 3.74. The third kappa shape index (κ3) is 2.07. The minimum Gasteiger partial charge on any atom is -0.397 e. The number of carbonyl (C=O) groups is 1. The van der Waals surface area contributed by atoms with Gasteiger partial charge in [0.05, 0.1) is 16.3 Å². The number of anilines is 1. The lowest BCUT2D eigenvalue weighted by atomic mass is 10.1. The van der Waals surface area contributed by atoms with E-state index in [1.54, 1.807) is 18.2 Å². The summed E-state index contributed by atoms with van der Waals surface area (Å²) < 4.78 is 0. The van der Waals surface area contributed by atoms with Crippen LogP contribution in [0.25, 0.3) is 0 Å². The van der Waals surface area contributed by atoms with Crippen molar-refractivity contribution in [2.75, 3.05) is 5.73 Å². The first-order valence-electron chi connectivity index (χ1n) is 4.94. The first kappa shape index (κ1) is 10.3. The van der Waals surface area contributed by atoms with E-state index in [2.05, 4.69) is 12.2 Å². The molecule has 0 aliphatic heterocycles. The van der Waals surface area contributed by atoms with E-state index in [1.165, 1.54) is 0 Å². The fourth-order valence-corrected chi connectivity index (χ4v) is 1.68. The van der Waals surface area contributed by atoms with Gasteiger partial charge >= 0.3 is 0 Å². The number of carbonyl (C=O) groups excluding carboxylic acids is 1. The Balaban J connectivity index is 2.14. The molecule has 3 nitrogen and oxygen atoms in total. The van der Waals surface area contributed by atoms with Gasteiger partial charge in [0.15, 0.2) is 0 Å². The summed E-state index contributed by atoms with van der Waals surface area (Å²) in [5.41, 5.74) is 6.53. The molecule has 1 fully saturated rings. The molecular formula is C11H13ClN2O. The summed E-state index contributed by atoms with van der Waals surface area (Å²) in [6.45, 7) is 2.10. The highest BCUT2D eigenvalue weighted by Crippen LogP contribution is 2.30. The van der Waals surface area contributed by atoms with Crippen LogP contribution in [0, 0.1) is 5.92 Å². The zero-order chi connectivity index (χ0) is 11.0. The maximum Gasteiger partial charge on any atom is 0.253 e. The minimum absolute atomic E-state index is 0.135. The van der Waals surface area contributed by atoms with Crippen molar-refractivity contribution in [2.24, 2.45) is 5.92 Å². The first-order chi connectivity index (χ1) is 7.09. The highest BCUT2D eigenvalue weighted by molar-refractivity contribution is 6.33. The van der Waals surface area contributed by atoms with Gasteiger partial charge in [0.1, 0.15) is 0 Å². The summed E-state index contributed by atoms with van der Waals surface area (Å²) in [5.74, 6) is 0.443. The first-order valence-corrected chi connectivity index (χ1v) is 5.32. The van der Waals surface area contributed by atoms with E-state index in [4.69, 9.17) is 17.3 Å². The maximum atomic E-state index is 11.8. The minimum atomic E-state index is -0.135. The SMILES string of the molecule is CC1CC1NC(=O)c1cccc(Cl)c1N. The number of nitrogens with one attached hydrogen (secondary N) is 1. The van der Waals surface area contributed by atoms with E-state index in [9.17, 15) is 4.79 Å². The molecule has 80 valence electrons. The van der Waals surface area contributed by atoms with Gasteiger partial charge in [0.25, 0.3) is 5.91 Å².